The van der Waals surface area contributed by atoms with E-state index in [1.165, 1.54) is 6.20 Å². The number of fused-ring (bicyclic) bond motifs is 2. The van der Waals surface area contributed by atoms with Crippen LogP contribution in [0.5, 0.6) is 0 Å². The number of aromatic nitrogens is 6. The Labute approximate surface area is 325 Å². The molecule has 1 saturated carbocycles. The molecule has 5 aromatic rings. The van der Waals surface area contributed by atoms with Crippen LogP contribution >= 0.6 is 11.6 Å². The number of unbranched alkanes of at least 4 members (excludes halogenated alkanes) is 1. The predicted octanol–water partition coefficient (Wildman–Crippen LogP) is 4.26. The van der Waals surface area contributed by atoms with Crippen LogP contribution in [0.15, 0.2) is 53.4 Å². The predicted molar refractivity (Wildman–Crippen MR) is 204 cm³/mol. The maximum absolute atomic E-state index is 13.1. The second-order valence-corrected chi connectivity index (χ2v) is 15.0. The summed E-state index contributed by atoms with van der Waals surface area (Å²) in [6.45, 7) is 4.88. The van der Waals surface area contributed by atoms with Gasteiger partial charge in [0.15, 0.2) is 5.65 Å². The molecule has 3 fully saturated rings. The second kappa shape index (κ2) is 15.0. The fraction of sp³-hybridized carbons (Fsp3) is 0.395. The summed E-state index contributed by atoms with van der Waals surface area (Å²) in [7, 11) is 0. The summed E-state index contributed by atoms with van der Waals surface area (Å²) in [5, 5.41) is 16.8. The highest BCUT2D eigenvalue weighted by molar-refractivity contribution is 6.33. The minimum Gasteiger partial charge on any atom is -0.369 e. The van der Waals surface area contributed by atoms with Gasteiger partial charge in [0, 0.05) is 68.8 Å². The van der Waals surface area contributed by atoms with Crippen LogP contribution in [0.4, 0.5) is 21.9 Å². The minimum atomic E-state index is -0.616. The van der Waals surface area contributed by atoms with E-state index in [1.807, 2.05) is 18.2 Å². The van der Waals surface area contributed by atoms with Crippen molar-refractivity contribution in [3.05, 3.63) is 76.7 Å². The molecule has 4 aromatic heterocycles. The molecular weight excluding hydrogens is 740 g/mol. The van der Waals surface area contributed by atoms with Gasteiger partial charge >= 0.3 is 6.03 Å². The molecule has 4 aliphatic rings. The van der Waals surface area contributed by atoms with Crippen LogP contribution in [0.2, 0.25) is 5.02 Å². The van der Waals surface area contributed by atoms with Gasteiger partial charge in [-0.05, 0) is 68.5 Å². The number of piperazine rings is 1. The van der Waals surface area contributed by atoms with Crippen LogP contribution in [0, 0.1) is 0 Å². The van der Waals surface area contributed by atoms with Gasteiger partial charge in [-0.1, -0.05) is 16.8 Å². The Morgan fingerprint density at radius 1 is 0.982 bits per heavy atom. The van der Waals surface area contributed by atoms with Gasteiger partial charge in [-0.25, -0.2) is 19.3 Å². The number of benzene rings is 1. The maximum atomic E-state index is 13.1. The summed E-state index contributed by atoms with van der Waals surface area (Å²) in [6.07, 6.45) is 9.96. The number of carbonyl (C=O) groups is 4. The molecule has 7 heterocycles. The summed E-state index contributed by atoms with van der Waals surface area (Å²) in [6, 6.07) is 8.27. The number of urea groups is 1. The molecule has 0 radical (unpaired) electrons. The van der Waals surface area contributed by atoms with Crippen molar-refractivity contribution < 1.29 is 23.7 Å². The lowest BCUT2D eigenvalue weighted by Gasteiger charge is -2.36. The van der Waals surface area contributed by atoms with Gasteiger partial charge in [-0.15, -0.1) is 0 Å². The summed E-state index contributed by atoms with van der Waals surface area (Å²) >= 11 is 6.56. The number of nitrogens with zero attached hydrogens (tertiary/aromatic N) is 9. The number of carbonyl (C=O) groups excluding carboxylic acids is 4. The Morgan fingerprint density at radius 3 is 2.64 bits per heavy atom. The molecule has 3 N–H and O–H groups in total. The molecule has 9 rings (SSSR count). The average molecular weight is 779 g/mol. The van der Waals surface area contributed by atoms with Crippen LogP contribution in [0.3, 0.4) is 0 Å². The number of anilines is 3. The number of hydrogen-bond donors (Lipinski definition) is 3. The van der Waals surface area contributed by atoms with Crippen LogP contribution < -0.4 is 20.9 Å². The molecule has 2 saturated heterocycles. The van der Waals surface area contributed by atoms with Crippen molar-refractivity contribution in [3.8, 4) is 11.5 Å². The first-order valence-electron chi connectivity index (χ1n) is 18.9. The van der Waals surface area contributed by atoms with Crippen molar-refractivity contribution in [1.82, 2.24) is 44.8 Å². The highest BCUT2D eigenvalue weighted by Gasteiger charge is 2.39. The van der Waals surface area contributed by atoms with E-state index < -0.39 is 18.0 Å². The Bertz CT molecular complexity index is 2350. The van der Waals surface area contributed by atoms with Crippen LogP contribution in [0.1, 0.15) is 71.9 Å². The SMILES string of the molecule is O=C1CCC(N2Cc3cc(N4CCN(CCCCc5nc(-c6ncc(NC(=O)Nc7cnc8ccnn8c7C7CC7)cc6Cl)no5)CC4)ccc3C2=O)C(=O)N1. The molecule has 18 heteroatoms. The number of nitrogens with one attached hydrogen (secondary N) is 3. The van der Waals surface area contributed by atoms with E-state index in [9.17, 15) is 19.2 Å². The fourth-order valence-corrected chi connectivity index (χ4v) is 7.99. The molecule has 5 amide bonds. The number of aryl methyl sites for hydroxylation is 1. The third-order valence-corrected chi connectivity index (χ3v) is 11.1. The Kier molecular flexibility index (Phi) is 9.54. The molecule has 17 nitrogen and oxygen atoms in total. The number of hydrogen-bond acceptors (Lipinski definition) is 12. The van der Waals surface area contributed by atoms with Crippen molar-refractivity contribution in [2.45, 2.75) is 63.5 Å². The van der Waals surface area contributed by atoms with E-state index in [0.717, 1.165) is 81.0 Å². The molecule has 1 atom stereocenters. The van der Waals surface area contributed by atoms with Gasteiger partial charge < -0.3 is 25.0 Å². The highest BCUT2D eigenvalue weighted by Crippen LogP contribution is 2.43. The van der Waals surface area contributed by atoms with E-state index in [0.29, 0.717) is 53.8 Å². The molecule has 288 valence electrons. The molecule has 1 aromatic carbocycles. The van der Waals surface area contributed by atoms with Gasteiger partial charge in [0.1, 0.15) is 11.7 Å². The van der Waals surface area contributed by atoms with Crippen molar-refractivity contribution in [2.24, 2.45) is 0 Å². The number of rotatable bonds is 11. The summed E-state index contributed by atoms with van der Waals surface area (Å²) in [4.78, 5) is 69.7. The van der Waals surface area contributed by atoms with Gasteiger partial charge in [-0.3, -0.25) is 24.6 Å². The average Bonchev–Trinajstić information content (AvgIpc) is 3.56. The zero-order chi connectivity index (χ0) is 38.3. The monoisotopic (exact) mass is 778 g/mol. The number of pyridine rings is 1. The van der Waals surface area contributed by atoms with Gasteiger partial charge in [0.2, 0.25) is 23.5 Å². The molecule has 56 heavy (non-hydrogen) atoms. The third-order valence-electron chi connectivity index (χ3n) is 10.8. The zero-order valence-corrected chi connectivity index (χ0v) is 31.2. The molecule has 1 unspecified atom stereocenters. The van der Waals surface area contributed by atoms with Gasteiger partial charge in [0.25, 0.3) is 5.91 Å². The first kappa shape index (κ1) is 35.7. The van der Waals surface area contributed by atoms with Crippen molar-refractivity contribution in [1.29, 1.82) is 0 Å². The number of halogens is 1. The van der Waals surface area contributed by atoms with Gasteiger partial charge in [0.05, 0.1) is 40.7 Å². The van der Waals surface area contributed by atoms with E-state index in [4.69, 9.17) is 16.1 Å². The van der Waals surface area contributed by atoms with Crippen LogP contribution in [-0.2, 0) is 22.6 Å². The zero-order valence-electron chi connectivity index (χ0n) is 30.4. The lowest BCUT2D eigenvalue weighted by atomic mass is 10.0. The molecule has 0 bridgehead atoms. The normalized spacial score (nSPS) is 18.7. The van der Waals surface area contributed by atoms with E-state index in [1.54, 1.807) is 27.9 Å². The molecule has 3 aliphatic heterocycles. The van der Waals surface area contributed by atoms with Crippen LogP contribution in [0.25, 0.3) is 17.2 Å². The first-order valence-corrected chi connectivity index (χ1v) is 19.3. The summed E-state index contributed by atoms with van der Waals surface area (Å²) in [5.41, 5.74) is 5.65. The largest absolute Gasteiger partial charge is 0.369 e. The van der Waals surface area contributed by atoms with E-state index in [-0.39, 0.29) is 29.1 Å². The number of amides is 5. The highest BCUT2D eigenvalue weighted by atomic mass is 35.5. The first-order chi connectivity index (χ1) is 27.3. The quantitative estimate of drug-likeness (QED) is 0.128. The Hall–Kier alpha value is -5.94. The lowest BCUT2D eigenvalue weighted by Crippen LogP contribution is -2.52. The van der Waals surface area contributed by atoms with Crippen molar-refractivity contribution in [3.63, 3.8) is 0 Å². The maximum Gasteiger partial charge on any atom is 0.323 e. The molecular formula is C38H39ClN12O5. The smallest absolute Gasteiger partial charge is 0.323 e. The number of piperidine rings is 1. The van der Waals surface area contributed by atoms with E-state index >= 15 is 0 Å². The minimum absolute atomic E-state index is 0.158. The number of imide groups is 1. The topological polar surface area (TPSA) is 196 Å². The Balaban J connectivity index is 0.721. The summed E-state index contributed by atoms with van der Waals surface area (Å²) in [5.74, 6) is 0.269. The Morgan fingerprint density at radius 2 is 1.84 bits per heavy atom. The molecule has 1 aliphatic carbocycles. The van der Waals surface area contributed by atoms with Crippen molar-refractivity contribution >= 4 is 58.1 Å². The van der Waals surface area contributed by atoms with Gasteiger partial charge in [-0.2, -0.15) is 10.1 Å². The van der Waals surface area contributed by atoms with Crippen molar-refractivity contribution in [2.75, 3.05) is 48.3 Å². The third kappa shape index (κ3) is 7.26. The van der Waals surface area contributed by atoms with E-state index in [2.05, 4.69) is 57.0 Å². The fourth-order valence-electron chi connectivity index (χ4n) is 7.74. The lowest BCUT2D eigenvalue weighted by molar-refractivity contribution is -0.136. The molecule has 0 spiro atoms. The van der Waals surface area contributed by atoms with Crippen LogP contribution in [-0.4, -0.2) is 102 Å². The summed E-state index contributed by atoms with van der Waals surface area (Å²) < 4.78 is 7.28. The standard InChI is InChI=1S/C38H39ClN12O5/c39-27-18-24(43-38(55)44-28-20-40-30-10-11-42-51(30)34(28)22-4-5-22)19-41-33(27)35-46-32(56-47-35)3-1-2-12-48-13-15-49(16-14-48)25-6-7-26-23(17-25)21-50(37(26)54)29-8-9-31(52)45-36(29)53/h6-7,10-11,17-20,22,29H,1-5,8-9,12-16,21H2,(H2,43,44,55)(H,45,52,53). The second-order valence-electron chi connectivity index (χ2n) is 14.6.